The zero-order valence-electron chi connectivity index (χ0n) is 14.2. The van der Waals surface area contributed by atoms with Gasteiger partial charge in [-0.2, -0.15) is 0 Å². The van der Waals surface area contributed by atoms with Crippen molar-refractivity contribution in [3.63, 3.8) is 0 Å². The van der Waals surface area contributed by atoms with Gasteiger partial charge in [0.2, 0.25) is 10.0 Å². The third kappa shape index (κ3) is 4.36. The zero-order chi connectivity index (χ0) is 18.9. The number of nitrogens with zero attached hydrogens (tertiary/aromatic N) is 1. The number of nitrogens with one attached hydrogen (secondary N) is 1. The van der Waals surface area contributed by atoms with Gasteiger partial charge < -0.3 is 0 Å². The van der Waals surface area contributed by atoms with Crippen LogP contribution in [0.15, 0.2) is 35.4 Å². The number of pyridine rings is 1. The predicted octanol–water partition coefficient (Wildman–Crippen LogP) is 5.05. The molecule has 1 aliphatic carbocycles. The molecule has 0 amide bonds. The fourth-order valence-corrected chi connectivity index (χ4v) is 4.93. The molecule has 1 saturated carbocycles. The first-order valence-electron chi connectivity index (χ1n) is 8.39. The predicted molar refractivity (Wildman–Crippen MR) is 101 cm³/mol. The molecule has 0 unspecified atom stereocenters. The van der Waals surface area contributed by atoms with Crippen LogP contribution in [0.3, 0.4) is 0 Å². The van der Waals surface area contributed by atoms with E-state index in [1.807, 2.05) is 0 Å². The molecule has 0 atom stereocenters. The van der Waals surface area contributed by atoms with Gasteiger partial charge in [0, 0.05) is 17.8 Å². The highest BCUT2D eigenvalue weighted by molar-refractivity contribution is 7.89. The van der Waals surface area contributed by atoms with Crippen molar-refractivity contribution < 1.29 is 12.8 Å². The highest BCUT2D eigenvalue weighted by atomic mass is 35.5. The minimum atomic E-state index is -3.78. The number of hydrogen-bond acceptors (Lipinski definition) is 3. The van der Waals surface area contributed by atoms with Crippen molar-refractivity contribution in [3.8, 4) is 11.3 Å². The smallest absolute Gasteiger partial charge is 0.240 e. The van der Waals surface area contributed by atoms with Crippen molar-refractivity contribution in [2.45, 2.75) is 43.5 Å². The highest BCUT2D eigenvalue weighted by Crippen LogP contribution is 2.31. The average Bonchev–Trinajstić information content (AvgIpc) is 2.57. The molecule has 4 nitrogen and oxygen atoms in total. The highest BCUT2D eigenvalue weighted by Gasteiger charge is 2.25. The van der Waals surface area contributed by atoms with Gasteiger partial charge in [-0.3, -0.25) is 4.98 Å². The molecule has 1 aromatic carbocycles. The van der Waals surface area contributed by atoms with Gasteiger partial charge in [0.15, 0.2) is 0 Å². The molecule has 8 heteroatoms. The van der Waals surface area contributed by atoms with Crippen LogP contribution in [-0.4, -0.2) is 19.4 Å². The summed E-state index contributed by atoms with van der Waals surface area (Å²) in [6.07, 6.45) is 4.93. The largest absolute Gasteiger partial charge is 0.253 e. The number of benzene rings is 1. The van der Waals surface area contributed by atoms with E-state index >= 15 is 0 Å². The fraction of sp³-hybridized carbons (Fsp3) is 0.389. The van der Waals surface area contributed by atoms with Crippen molar-refractivity contribution in [2.24, 2.45) is 5.92 Å². The Bertz CT molecular complexity index is 913. The molecule has 3 rings (SSSR count). The zero-order valence-corrected chi connectivity index (χ0v) is 16.5. The maximum Gasteiger partial charge on any atom is 0.240 e. The molecule has 0 spiro atoms. The van der Waals surface area contributed by atoms with Crippen LogP contribution >= 0.6 is 23.2 Å². The minimum Gasteiger partial charge on any atom is -0.253 e. The van der Waals surface area contributed by atoms with Gasteiger partial charge in [0.05, 0.1) is 20.6 Å². The molecule has 0 aliphatic heterocycles. The van der Waals surface area contributed by atoms with Crippen molar-refractivity contribution in [2.75, 3.05) is 0 Å². The van der Waals surface area contributed by atoms with Gasteiger partial charge >= 0.3 is 0 Å². The summed E-state index contributed by atoms with van der Waals surface area (Å²) < 4.78 is 42.3. The van der Waals surface area contributed by atoms with Gasteiger partial charge in [0.1, 0.15) is 5.82 Å². The Morgan fingerprint density at radius 1 is 1.15 bits per heavy atom. The van der Waals surface area contributed by atoms with E-state index in [4.69, 9.17) is 23.2 Å². The van der Waals surface area contributed by atoms with E-state index in [2.05, 4.69) is 16.6 Å². The lowest BCUT2D eigenvalue weighted by molar-refractivity contribution is 0.332. The SMILES string of the molecule is C[C@H]1CC[C@@H](NS(=O)(=O)c2ccc(-c3ncc(Cl)cc3Cl)c(F)c2)CC1. The van der Waals surface area contributed by atoms with Crippen molar-refractivity contribution in [1.29, 1.82) is 0 Å². The number of hydrogen-bond donors (Lipinski definition) is 1. The van der Waals surface area contributed by atoms with Crippen LogP contribution < -0.4 is 4.72 Å². The maximum absolute atomic E-state index is 14.6. The second-order valence-corrected chi connectivity index (χ2v) is 9.26. The van der Waals surface area contributed by atoms with Crippen LogP contribution in [0.5, 0.6) is 0 Å². The number of sulfonamides is 1. The van der Waals surface area contributed by atoms with E-state index in [-0.39, 0.29) is 27.2 Å². The van der Waals surface area contributed by atoms with Gasteiger partial charge in [-0.25, -0.2) is 17.5 Å². The first-order chi connectivity index (χ1) is 12.3. The van der Waals surface area contributed by atoms with E-state index in [1.165, 1.54) is 24.4 Å². The summed E-state index contributed by atoms with van der Waals surface area (Å²) in [5.74, 6) is -0.0917. The summed E-state index contributed by atoms with van der Waals surface area (Å²) in [6.45, 7) is 2.16. The van der Waals surface area contributed by atoms with E-state index in [0.717, 1.165) is 31.7 Å². The van der Waals surface area contributed by atoms with Gasteiger partial charge in [-0.15, -0.1) is 0 Å². The molecular weight excluding hydrogens is 398 g/mol. The van der Waals surface area contributed by atoms with E-state index in [0.29, 0.717) is 10.9 Å². The van der Waals surface area contributed by atoms with Crippen LogP contribution in [0.1, 0.15) is 32.6 Å². The van der Waals surface area contributed by atoms with Gasteiger partial charge in [-0.05, 0) is 55.9 Å². The molecule has 1 fully saturated rings. The summed E-state index contributed by atoms with van der Waals surface area (Å²) in [5.41, 5.74) is 0.337. The number of rotatable bonds is 4. The van der Waals surface area contributed by atoms with Crippen LogP contribution in [-0.2, 0) is 10.0 Å². The molecule has 140 valence electrons. The number of halogens is 3. The van der Waals surface area contributed by atoms with E-state index < -0.39 is 15.8 Å². The summed E-state index contributed by atoms with van der Waals surface area (Å²) >= 11 is 11.9. The number of aromatic nitrogens is 1. The molecule has 26 heavy (non-hydrogen) atoms. The van der Waals surface area contributed by atoms with Gasteiger partial charge in [0.25, 0.3) is 0 Å². The Balaban J connectivity index is 1.84. The molecule has 0 radical (unpaired) electrons. The molecule has 1 N–H and O–H groups in total. The molecule has 0 saturated heterocycles. The molecule has 1 aliphatic rings. The summed E-state index contributed by atoms with van der Waals surface area (Å²) in [6, 6.07) is 5.08. The second-order valence-electron chi connectivity index (χ2n) is 6.70. The maximum atomic E-state index is 14.6. The Morgan fingerprint density at radius 2 is 1.85 bits per heavy atom. The van der Waals surface area contributed by atoms with Crippen LogP contribution in [0, 0.1) is 11.7 Å². The third-order valence-corrected chi connectivity index (χ3v) is 6.66. The normalized spacial score (nSPS) is 20.9. The van der Waals surface area contributed by atoms with E-state index in [1.54, 1.807) is 0 Å². The van der Waals surface area contributed by atoms with E-state index in [9.17, 15) is 12.8 Å². The lowest BCUT2D eigenvalue weighted by Gasteiger charge is -2.26. The van der Waals surface area contributed by atoms with Crippen LogP contribution in [0.25, 0.3) is 11.3 Å². The fourth-order valence-electron chi connectivity index (χ4n) is 3.13. The molecule has 0 bridgehead atoms. The van der Waals surface area contributed by atoms with Crippen LogP contribution in [0.4, 0.5) is 4.39 Å². The molecular formula is C18H19Cl2FN2O2S. The van der Waals surface area contributed by atoms with Crippen molar-refractivity contribution in [1.82, 2.24) is 9.71 Å². The quantitative estimate of drug-likeness (QED) is 0.757. The summed E-state index contributed by atoms with van der Waals surface area (Å²) in [4.78, 5) is 3.92. The Labute approximate surface area is 162 Å². The summed E-state index contributed by atoms with van der Waals surface area (Å²) in [5, 5.41) is 0.533. The van der Waals surface area contributed by atoms with Crippen molar-refractivity contribution >= 4 is 33.2 Å². The topological polar surface area (TPSA) is 59.1 Å². The summed E-state index contributed by atoms with van der Waals surface area (Å²) in [7, 11) is -3.78. The lowest BCUT2D eigenvalue weighted by atomic mass is 9.88. The standard InChI is InChI=1S/C18H19Cl2FN2O2S/c1-11-2-4-13(5-3-11)23-26(24,25)14-6-7-15(17(21)9-14)18-16(20)8-12(19)10-22-18/h6-11,13,23H,2-5H2,1H3/t11-,13+. The average molecular weight is 417 g/mol. The third-order valence-electron chi connectivity index (χ3n) is 4.65. The molecule has 1 aromatic heterocycles. The Morgan fingerprint density at radius 3 is 2.46 bits per heavy atom. The minimum absolute atomic E-state index is 0.105. The molecule has 1 heterocycles. The first kappa shape index (κ1) is 19.5. The molecule has 2 aromatic rings. The Hall–Kier alpha value is -1.21. The lowest BCUT2D eigenvalue weighted by Crippen LogP contribution is -2.37. The first-order valence-corrected chi connectivity index (χ1v) is 10.6. The van der Waals surface area contributed by atoms with Crippen molar-refractivity contribution in [3.05, 3.63) is 46.3 Å². The van der Waals surface area contributed by atoms with Crippen LogP contribution in [0.2, 0.25) is 10.0 Å². The monoisotopic (exact) mass is 416 g/mol. The Kier molecular flexibility index (Phi) is 5.87. The second kappa shape index (κ2) is 7.80. The van der Waals surface area contributed by atoms with Gasteiger partial charge in [-0.1, -0.05) is 30.1 Å².